The molecule has 0 aliphatic rings. The quantitative estimate of drug-likeness (QED) is 0.547. The molecule has 0 saturated carbocycles. The minimum absolute atomic E-state index is 0.229. The standard InChI is InChI=1S/C7H5ClO3S/c1-4(9)11-5-2-3-12-6(5)7(8)10/h2-3H,1H3. The lowest BCUT2D eigenvalue weighted by Crippen LogP contribution is -2.02. The van der Waals surface area contributed by atoms with Crippen molar-refractivity contribution in [3.8, 4) is 5.75 Å². The smallest absolute Gasteiger partial charge is 0.308 e. The van der Waals surface area contributed by atoms with Gasteiger partial charge in [-0.15, -0.1) is 11.3 Å². The molecule has 5 heteroatoms. The van der Waals surface area contributed by atoms with Crippen LogP contribution in [0.1, 0.15) is 16.6 Å². The number of esters is 1. The third kappa shape index (κ3) is 2.06. The van der Waals surface area contributed by atoms with E-state index in [1.165, 1.54) is 13.0 Å². The summed E-state index contributed by atoms with van der Waals surface area (Å²) in [6.45, 7) is 1.26. The minimum Gasteiger partial charge on any atom is -0.425 e. The fourth-order valence-electron chi connectivity index (χ4n) is 0.676. The van der Waals surface area contributed by atoms with Crippen LogP contribution < -0.4 is 4.74 Å². The third-order valence-corrected chi connectivity index (χ3v) is 2.26. The van der Waals surface area contributed by atoms with Crippen molar-refractivity contribution in [2.45, 2.75) is 6.92 Å². The van der Waals surface area contributed by atoms with Gasteiger partial charge in [-0.3, -0.25) is 9.59 Å². The number of carbonyl (C=O) groups excluding carboxylic acids is 2. The van der Waals surface area contributed by atoms with Crippen LogP contribution in [0.5, 0.6) is 5.75 Å². The van der Waals surface area contributed by atoms with Crippen LogP contribution in [-0.4, -0.2) is 11.2 Å². The summed E-state index contributed by atoms with van der Waals surface area (Å²) in [6.07, 6.45) is 0. The third-order valence-electron chi connectivity index (χ3n) is 1.06. The van der Waals surface area contributed by atoms with Gasteiger partial charge in [-0.25, -0.2) is 0 Å². The van der Waals surface area contributed by atoms with Gasteiger partial charge in [0, 0.05) is 6.92 Å². The van der Waals surface area contributed by atoms with Crippen molar-refractivity contribution in [2.75, 3.05) is 0 Å². The SMILES string of the molecule is CC(=O)Oc1ccsc1C(=O)Cl. The molecular weight excluding hydrogens is 200 g/mol. The maximum atomic E-state index is 10.7. The summed E-state index contributed by atoms with van der Waals surface area (Å²) >= 11 is 6.35. The Balaban J connectivity index is 2.91. The van der Waals surface area contributed by atoms with E-state index < -0.39 is 11.2 Å². The van der Waals surface area contributed by atoms with Crippen LogP contribution in [0.4, 0.5) is 0 Å². The van der Waals surface area contributed by atoms with Gasteiger partial charge in [-0.2, -0.15) is 0 Å². The van der Waals surface area contributed by atoms with Crippen LogP contribution >= 0.6 is 22.9 Å². The topological polar surface area (TPSA) is 43.4 Å². The van der Waals surface area contributed by atoms with Gasteiger partial charge >= 0.3 is 5.97 Å². The molecular formula is C7H5ClO3S. The fourth-order valence-corrected chi connectivity index (χ4v) is 1.55. The summed E-state index contributed by atoms with van der Waals surface area (Å²) in [6, 6.07) is 1.53. The molecule has 64 valence electrons. The zero-order valence-corrected chi connectivity index (χ0v) is 7.74. The molecule has 0 saturated heterocycles. The molecule has 0 atom stereocenters. The van der Waals surface area contributed by atoms with Gasteiger partial charge in [0.25, 0.3) is 5.24 Å². The van der Waals surface area contributed by atoms with E-state index in [-0.39, 0.29) is 10.6 Å². The van der Waals surface area contributed by atoms with Gasteiger partial charge in [0.05, 0.1) is 0 Å². The number of ether oxygens (including phenoxy) is 1. The Morgan fingerprint density at radius 2 is 2.25 bits per heavy atom. The molecule has 0 fully saturated rings. The van der Waals surface area contributed by atoms with E-state index in [2.05, 4.69) is 0 Å². The van der Waals surface area contributed by atoms with Crippen molar-refractivity contribution in [1.29, 1.82) is 0 Å². The van der Waals surface area contributed by atoms with E-state index in [1.54, 1.807) is 5.38 Å². The summed E-state index contributed by atoms with van der Waals surface area (Å²) < 4.78 is 4.71. The molecule has 0 amide bonds. The van der Waals surface area contributed by atoms with Gasteiger partial charge in [-0.1, -0.05) is 0 Å². The second-order valence-corrected chi connectivity index (χ2v) is 3.24. The van der Waals surface area contributed by atoms with E-state index in [0.717, 1.165) is 11.3 Å². The molecule has 1 aromatic heterocycles. The van der Waals surface area contributed by atoms with Crippen LogP contribution in [-0.2, 0) is 4.79 Å². The number of halogens is 1. The van der Waals surface area contributed by atoms with E-state index in [0.29, 0.717) is 0 Å². The zero-order chi connectivity index (χ0) is 9.14. The number of hydrogen-bond acceptors (Lipinski definition) is 4. The first-order valence-corrected chi connectivity index (χ1v) is 4.32. The number of hydrogen-bond donors (Lipinski definition) is 0. The van der Waals surface area contributed by atoms with Crippen molar-refractivity contribution in [3.63, 3.8) is 0 Å². The summed E-state index contributed by atoms with van der Waals surface area (Å²) in [5.41, 5.74) is 0. The molecule has 1 aromatic rings. The fraction of sp³-hybridized carbons (Fsp3) is 0.143. The average molecular weight is 205 g/mol. The van der Waals surface area contributed by atoms with E-state index >= 15 is 0 Å². The molecule has 12 heavy (non-hydrogen) atoms. The van der Waals surface area contributed by atoms with Crippen LogP contribution in [0.2, 0.25) is 0 Å². The second-order valence-electron chi connectivity index (χ2n) is 1.98. The van der Waals surface area contributed by atoms with Gasteiger partial charge in [0.2, 0.25) is 0 Å². The largest absolute Gasteiger partial charge is 0.425 e. The predicted octanol–water partition coefficient (Wildman–Crippen LogP) is 2.05. The van der Waals surface area contributed by atoms with Gasteiger partial charge in [0.15, 0.2) is 5.75 Å². The second kappa shape index (κ2) is 3.69. The highest BCUT2D eigenvalue weighted by Crippen LogP contribution is 2.26. The Morgan fingerprint density at radius 3 is 2.75 bits per heavy atom. The summed E-state index contributed by atoms with van der Waals surface area (Å²) in [7, 11) is 0. The molecule has 0 spiro atoms. The molecule has 0 aliphatic heterocycles. The number of carbonyl (C=O) groups is 2. The molecule has 0 aromatic carbocycles. The maximum Gasteiger partial charge on any atom is 0.308 e. The minimum atomic E-state index is -0.610. The molecule has 0 aliphatic carbocycles. The van der Waals surface area contributed by atoms with Crippen molar-refractivity contribution in [2.24, 2.45) is 0 Å². The highest BCUT2D eigenvalue weighted by atomic mass is 35.5. The van der Waals surface area contributed by atoms with Crippen LogP contribution in [0.15, 0.2) is 11.4 Å². The summed E-state index contributed by atoms with van der Waals surface area (Å²) in [4.78, 5) is 21.5. The van der Waals surface area contributed by atoms with Crippen molar-refractivity contribution in [3.05, 3.63) is 16.3 Å². The zero-order valence-electron chi connectivity index (χ0n) is 6.17. The highest BCUT2D eigenvalue weighted by molar-refractivity contribution is 7.14. The van der Waals surface area contributed by atoms with Crippen molar-refractivity contribution < 1.29 is 14.3 Å². The van der Waals surface area contributed by atoms with Crippen molar-refractivity contribution >= 4 is 34.1 Å². The monoisotopic (exact) mass is 204 g/mol. The van der Waals surface area contributed by atoms with Gasteiger partial charge < -0.3 is 4.74 Å². The Morgan fingerprint density at radius 1 is 1.58 bits per heavy atom. The van der Waals surface area contributed by atoms with Gasteiger partial charge in [0.1, 0.15) is 4.88 Å². The average Bonchev–Trinajstić information content (AvgIpc) is 2.33. The normalized spacial score (nSPS) is 9.50. The maximum absolute atomic E-state index is 10.7. The van der Waals surface area contributed by atoms with Gasteiger partial charge in [-0.05, 0) is 23.0 Å². The van der Waals surface area contributed by atoms with E-state index in [1.807, 2.05) is 0 Å². The predicted molar refractivity (Wildman–Crippen MR) is 45.8 cm³/mol. The molecule has 0 radical (unpaired) electrons. The van der Waals surface area contributed by atoms with Crippen LogP contribution in [0.3, 0.4) is 0 Å². The van der Waals surface area contributed by atoms with Crippen LogP contribution in [0, 0.1) is 0 Å². The Hall–Kier alpha value is -0.870. The van der Waals surface area contributed by atoms with E-state index in [4.69, 9.17) is 16.3 Å². The summed E-state index contributed by atoms with van der Waals surface area (Å²) in [5, 5.41) is 1.02. The first kappa shape index (κ1) is 9.22. The number of rotatable bonds is 2. The van der Waals surface area contributed by atoms with E-state index in [9.17, 15) is 9.59 Å². The number of thiophene rings is 1. The molecule has 0 bridgehead atoms. The Kier molecular flexibility index (Phi) is 2.83. The molecule has 3 nitrogen and oxygen atoms in total. The Labute approximate surface area is 77.9 Å². The van der Waals surface area contributed by atoms with Crippen LogP contribution in [0.25, 0.3) is 0 Å². The summed E-state index contributed by atoms with van der Waals surface area (Å²) in [5.74, 6) is -0.236. The lowest BCUT2D eigenvalue weighted by atomic mass is 10.4. The van der Waals surface area contributed by atoms with Crippen molar-refractivity contribution in [1.82, 2.24) is 0 Å². The molecule has 1 rings (SSSR count). The first-order chi connectivity index (χ1) is 5.61. The highest BCUT2D eigenvalue weighted by Gasteiger charge is 2.12. The lowest BCUT2D eigenvalue weighted by molar-refractivity contribution is -0.131. The first-order valence-electron chi connectivity index (χ1n) is 3.07. The Bertz CT molecular complexity index is 318. The molecule has 0 unspecified atom stereocenters. The lowest BCUT2D eigenvalue weighted by Gasteiger charge is -1.97. The molecule has 1 heterocycles. The molecule has 0 N–H and O–H groups in total.